The van der Waals surface area contributed by atoms with E-state index in [9.17, 15) is 4.79 Å². The summed E-state index contributed by atoms with van der Waals surface area (Å²) >= 11 is 0. The van der Waals surface area contributed by atoms with Crippen LogP contribution in [0.1, 0.15) is 56.9 Å². The van der Waals surface area contributed by atoms with Crippen LogP contribution in [0.2, 0.25) is 0 Å². The molecule has 0 bridgehead atoms. The highest BCUT2D eigenvalue weighted by Crippen LogP contribution is 2.16. The molecule has 2 aromatic rings. The zero-order valence-corrected chi connectivity index (χ0v) is 17.4. The summed E-state index contributed by atoms with van der Waals surface area (Å²) in [4.78, 5) is 14.9. The second kappa shape index (κ2) is 9.82. The van der Waals surface area contributed by atoms with Crippen LogP contribution < -0.4 is 5.32 Å². The fourth-order valence-corrected chi connectivity index (χ4v) is 3.65. The maximum atomic E-state index is 12.4. The molecule has 0 spiro atoms. The number of nitrogens with zero attached hydrogens (tertiary/aromatic N) is 4. The van der Waals surface area contributed by atoms with Crippen molar-refractivity contribution in [1.29, 1.82) is 0 Å². The van der Waals surface area contributed by atoms with Crippen molar-refractivity contribution >= 4 is 5.91 Å². The van der Waals surface area contributed by atoms with Crippen molar-refractivity contribution in [2.45, 2.75) is 59.0 Å². The number of rotatable bonds is 8. The van der Waals surface area contributed by atoms with Gasteiger partial charge >= 0.3 is 0 Å². The molecule has 1 aliphatic rings. The van der Waals surface area contributed by atoms with E-state index in [1.54, 1.807) is 0 Å². The maximum absolute atomic E-state index is 12.4. The predicted molar refractivity (Wildman–Crippen MR) is 111 cm³/mol. The van der Waals surface area contributed by atoms with Crippen molar-refractivity contribution in [3.05, 3.63) is 47.5 Å². The third kappa shape index (κ3) is 5.64. The summed E-state index contributed by atoms with van der Waals surface area (Å²) in [6.45, 7) is 10.6. The number of aromatic nitrogens is 3. The van der Waals surface area contributed by atoms with Gasteiger partial charge in [-0.1, -0.05) is 44.2 Å². The Hall–Kier alpha value is -2.21. The summed E-state index contributed by atoms with van der Waals surface area (Å²) in [6.07, 6.45) is 3.38. The molecule has 0 unspecified atom stereocenters. The molecule has 1 aromatic heterocycles. The summed E-state index contributed by atoms with van der Waals surface area (Å²) in [7, 11) is 0. The van der Waals surface area contributed by atoms with Gasteiger partial charge in [-0.05, 0) is 37.8 Å². The molecule has 0 radical (unpaired) electrons. The molecule has 6 nitrogen and oxygen atoms in total. The molecule has 2 heterocycles. The largest absolute Gasteiger partial charge is 0.346 e. The third-order valence-electron chi connectivity index (χ3n) is 5.42. The standard InChI is InChI=1S/C22H33N5O/c1-17(2)11-13-26-14-12-20-24-25-22(27(20)16-15-26)18(3)23-21(28)10-9-19-7-5-4-6-8-19/h4-8,17-18H,9-16H2,1-3H3,(H,23,28)/t18-/m1/s1. The minimum absolute atomic E-state index is 0.0564. The lowest BCUT2D eigenvalue weighted by atomic mass is 10.1. The van der Waals surface area contributed by atoms with Gasteiger partial charge in [-0.15, -0.1) is 10.2 Å². The Morgan fingerprint density at radius 2 is 1.89 bits per heavy atom. The first kappa shape index (κ1) is 20.5. The van der Waals surface area contributed by atoms with Crippen molar-refractivity contribution in [1.82, 2.24) is 25.0 Å². The first-order valence-corrected chi connectivity index (χ1v) is 10.5. The Bertz CT molecular complexity index is 756. The van der Waals surface area contributed by atoms with Gasteiger partial charge in [-0.3, -0.25) is 4.79 Å². The van der Waals surface area contributed by atoms with Crippen LogP contribution in [0.4, 0.5) is 0 Å². The van der Waals surface area contributed by atoms with Gasteiger partial charge in [0.25, 0.3) is 0 Å². The van der Waals surface area contributed by atoms with Crippen LogP contribution in [-0.2, 0) is 24.2 Å². The van der Waals surface area contributed by atoms with Crippen molar-refractivity contribution in [3.8, 4) is 0 Å². The minimum Gasteiger partial charge on any atom is -0.346 e. The van der Waals surface area contributed by atoms with Gasteiger partial charge in [0, 0.05) is 32.5 Å². The average molecular weight is 384 g/mol. The van der Waals surface area contributed by atoms with Crippen LogP contribution in [0.25, 0.3) is 0 Å². The van der Waals surface area contributed by atoms with Gasteiger partial charge in [0.2, 0.25) is 5.91 Å². The highest BCUT2D eigenvalue weighted by molar-refractivity contribution is 5.76. The molecule has 0 saturated carbocycles. The molecular weight excluding hydrogens is 350 g/mol. The lowest BCUT2D eigenvalue weighted by molar-refractivity contribution is -0.121. The number of hydrogen-bond acceptors (Lipinski definition) is 4. The van der Waals surface area contributed by atoms with Gasteiger partial charge < -0.3 is 14.8 Å². The van der Waals surface area contributed by atoms with Crippen molar-refractivity contribution < 1.29 is 4.79 Å². The Morgan fingerprint density at radius 1 is 1.11 bits per heavy atom. The number of fused-ring (bicyclic) bond motifs is 1. The highest BCUT2D eigenvalue weighted by atomic mass is 16.1. The number of carbonyl (C=O) groups is 1. The molecule has 1 aliphatic heterocycles. The molecule has 28 heavy (non-hydrogen) atoms. The second-order valence-corrected chi connectivity index (χ2v) is 8.18. The Kier molecular flexibility index (Phi) is 7.20. The Labute approximate surface area is 168 Å². The van der Waals surface area contributed by atoms with Crippen LogP contribution >= 0.6 is 0 Å². The van der Waals surface area contributed by atoms with E-state index in [1.165, 1.54) is 12.0 Å². The quantitative estimate of drug-likeness (QED) is 0.761. The van der Waals surface area contributed by atoms with E-state index in [4.69, 9.17) is 0 Å². The zero-order chi connectivity index (χ0) is 19.9. The fraction of sp³-hybridized carbons (Fsp3) is 0.591. The number of benzene rings is 1. The molecule has 0 aliphatic carbocycles. The van der Waals surface area contributed by atoms with E-state index in [0.717, 1.165) is 56.6 Å². The van der Waals surface area contributed by atoms with Gasteiger partial charge in [0.15, 0.2) is 5.82 Å². The van der Waals surface area contributed by atoms with Crippen LogP contribution in [-0.4, -0.2) is 45.2 Å². The lowest BCUT2D eigenvalue weighted by Crippen LogP contribution is -2.31. The molecule has 1 amide bonds. The summed E-state index contributed by atoms with van der Waals surface area (Å²) in [5, 5.41) is 11.9. The van der Waals surface area contributed by atoms with E-state index in [1.807, 2.05) is 25.1 Å². The summed E-state index contributed by atoms with van der Waals surface area (Å²) in [5.41, 5.74) is 1.18. The first-order chi connectivity index (χ1) is 13.5. The van der Waals surface area contributed by atoms with E-state index in [0.29, 0.717) is 6.42 Å². The van der Waals surface area contributed by atoms with E-state index in [2.05, 4.69) is 51.0 Å². The molecule has 1 N–H and O–H groups in total. The molecule has 3 rings (SSSR count). The number of hydrogen-bond donors (Lipinski definition) is 1. The average Bonchev–Trinajstić information content (AvgIpc) is 2.99. The number of aryl methyl sites for hydroxylation is 1. The van der Waals surface area contributed by atoms with Crippen LogP contribution in [0.5, 0.6) is 0 Å². The summed E-state index contributed by atoms with van der Waals surface area (Å²) < 4.78 is 2.21. The normalized spacial score (nSPS) is 15.9. The van der Waals surface area contributed by atoms with Gasteiger partial charge in [-0.25, -0.2) is 0 Å². The van der Waals surface area contributed by atoms with Crippen LogP contribution in [0, 0.1) is 5.92 Å². The topological polar surface area (TPSA) is 63.1 Å². The lowest BCUT2D eigenvalue weighted by Gasteiger charge is -2.21. The van der Waals surface area contributed by atoms with Gasteiger partial charge in [0.05, 0.1) is 6.04 Å². The molecule has 1 atom stereocenters. The smallest absolute Gasteiger partial charge is 0.220 e. The minimum atomic E-state index is -0.133. The number of carbonyl (C=O) groups excluding carboxylic acids is 1. The SMILES string of the molecule is CC(C)CCN1CCc2nnc([C@@H](C)NC(=O)CCc3ccccc3)n2CC1. The Morgan fingerprint density at radius 3 is 2.64 bits per heavy atom. The third-order valence-corrected chi connectivity index (χ3v) is 5.42. The molecule has 0 saturated heterocycles. The Balaban J connectivity index is 1.53. The zero-order valence-electron chi connectivity index (χ0n) is 17.4. The second-order valence-electron chi connectivity index (χ2n) is 8.18. The molecule has 1 aromatic carbocycles. The van der Waals surface area contributed by atoms with Gasteiger partial charge in [-0.2, -0.15) is 0 Å². The van der Waals surface area contributed by atoms with E-state index in [-0.39, 0.29) is 11.9 Å². The monoisotopic (exact) mass is 383 g/mol. The highest BCUT2D eigenvalue weighted by Gasteiger charge is 2.22. The number of amides is 1. The molecule has 0 fully saturated rings. The summed E-state index contributed by atoms with van der Waals surface area (Å²) in [5.74, 6) is 2.69. The van der Waals surface area contributed by atoms with Crippen molar-refractivity contribution in [2.75, 3.05) is 19.6 Å². The predicted octanol–water partition coefficient (Wildman–Crippen LogP) is 2.99. The van der Waals surface area contributed by atoms with E-state index < -0.39 is 0 Å². The molecule has 6 heteroatoms. The van der Waals surface area contributed by atoms with Crippen LogP contribution in [0.15, 0.2) is 30.3 Å². The summed E-state index contributed by atoms with van der Waals surface area (Å²) in [6, 6.07) is 9.98. The van der Waals surface area contributed by atoms with Crippen molar-refractivity contribution in [2.24, 2.45) is 5.92 Å². The van der Waals surface area contributed by atoms with Crippen LogP contribution in [0.3, 0.4) is 0 Å². The van der Waals surface area contributed by atoms with E-state index >= 15 is 0 Å². The first-order valence-electron chi connectivity index (χ1n) is 10.5. The van der Waals surface area contributed by atoms with Gasteiger partial charge in [0.1, 0.15) is 5.82 Å². The number of nitrogens with one attached hydrogen (secondary N) is 1. The maximum Gasteiger partial charge on any atom is 0.220 e. The molecule has 152 valence electrons. The molecular formula is C22H33N5O. The van der Waals surface area contributed by atoms with Crippen molar-refractivity contribution in [3.63, 3.8) is 0 Å². The fourth-order valence-electron chi connectivity index (χ4n) is 3.65.